The first-order valence-corrected chi connectivity index (χ1v) is 13.9. The van der Waals surface area contributed by atoms with Gasteiger partial charge >= 0.3 is 7.12 Å². The van der Waals surface area contributed by atoms with Gasteiger partial charge in [0.2, 0.25) is 0 Å². The Morgan fingerprint density at radius 1 is 0.500 bits per heavy atom. The summed E-state index contributed by atoms with van der Waals surface area (Å²) in [5, 5.41) is 23.9. The Morgan fingerprint density at radius 3 is 1.93 bits per heavy atom. The average molecular weight is 544 g/mol. The van der Waals surface area contributed by atoms with Crippen LogP contribution in [-0.4, -0.2) is 21.7 Å². The molecule has 2 N–H and O–H groups in total. The van der Waals surface area contributed by atoms with E-state index in [2.05, 4.69) is 100 Å². The Morgan fingerprint density at radius 2 is 1.12 bits per heavy atom. The van der Waals surface area contributed by atoms with E-state index >= 15 is 0 Å². The smallest absolute Gasteiger partial charge is 0.456 e. The summed E-state index contributed by atoms with van der Waals surface area (Å²) >= 11 is 0. The summed E-state index contributed by atoms with van der Waals surface area (Å²) in [6.45, 7) is 0. The van der Waals surface area contributed by atoms with Crippen molar-refractivity contribution < 1.29 is 14.5 Å². The SMILES string of the molecule is OB(O)c1ccc(N(c2ccc3c(c2)oc2ccccc23)c2ccc3c(c2)c2ccccc2n3-c2ccccc2)cc1. The van der Waals surface area contributed by atoms with Crippen LogP contribution in [0.4, 0.5) is 17.1 Å². The average Bonchev–Trinajstić information content (AvgIpc) is 3.57. The zero-order valence-electron chi connectivity index (χ0n) is 22.6. The molecular weight excluding hydrogens is 519 g/mol. The number of anilines is 3. The molecule has 200 valence electrons. The highest BCUT2D eigenvalue weighted by atomic mass is 16.4. The number of furan rings is 1. The molecule has 8 rings (SSSR count). The highest BCUT2D eigenvalue weighted by Gasteiger charge is 2.19. The van der Waals surface area contributed by atoms with Crippen LogP contribution in [0.1, 0.15) is 0 Å². The maximum Gasteiger partial charge on any atom is 0.488 e. The van der Waals surface area contributed by atoms with Gasteiger partial charge in [-0.25, -0.2) is 0 Å². The van der Waals surface area contributed by atoms with E-state index in [0.29, 0.717) is 5.46 Å². The molecule has 2 aromatic heterocycles. The lowest BCUT2D eigenvalue weighted by atomic mass is 9.80. The molecule has 0 amide bonds. The molecule has 6 aromatic carbocycles. The van der Waals surface area contributed by atoms with E-state index < -0.39 is 7.12 Å². The van der Waals surface area contributed by atoms with Crippen LogP contribution in [0.15, 0.2) is 144 Å². The molecule has 0 saturated heterocycles. The van der Waals surface area contributed by atoms with E-state index in [1.807, 2.05) is 36.4 Å². The van der Waals surface area contributed by atoms with Gasteiger partial charge in [-0.2, -0.15) is 0 Å². The zero-order valence-corrected chi connectivity index (χ0v) is 22.6. The summed E-state index contributed by atoms with van der Waals surface area (Å²) in [5.41, 5.74) is 8.28. The minimum Gasteiger partial charge on any atom is -0.456 e. The largest absolute Gasteiger partial charge is 0.488 e. The third-order valence-electron chi connectivity index (χ3n) is 8.00. The Hall–Kier alpha value is -5.30. The fourth-order valence-electron chi connectivity index (χ4n) is 6.05. The summed E-state index contributed by atoms with van der Waals surface area (Å²) in [4.78, 5) is 2.17. The number of hydrogen-bond acceptors (Lipinski definition) is 4. The monoisotopic (exact) mass is 544 g/mol. The highest BCUT2D eigenvalue weighted by Crippen LogP contribution is 2.41. The number of para-hydroxylation sites is 3. The molecule has 0 fully saturated rings. The van der Waals surface area contributed by atoms with Crippen molar-refractivity contribution in [3.8, 4) is 5.69 Å². The van der Waals surface area contributed by atoms with Crippen molar-refractivity contribution in [1.82, 2.24) is 4.57 Å². The normalized spacial score (nSPS) is 11.6. The third-order valence-corrected chi connectivity index (χ3v) is 8.00. The molecule has 0 aliphatic rings. The molecule has 5 nitrogen and oxygen atoms in total. The summed E-state index contributed by atoms with van der Waals surface area (Å²) in [5.74, 6) is 0. The number of nitrogens with zero attached hydrogens (tertiary/aromatic N) is 2. The molecule has 0 unspecified atom stereocenters. The van der Waals surface area contributed by atoms with Gasteiger partial charge in [0.25, 0.3) is 0 Å². The summed E-state index contributed by atoms with van der Waals surface area (Å²) < 4.78 is 8.55. The molecule has 0 saturated carbocycles. The van der Waals surface area contributed by atoms with Crippen molar-refractivity contribution in [3.63, 3.8) is 0 Å². The third kappa shape index (κ3) is 3.89. The van der Waals surface area contributed by atoms with Gasteiger partial charge in [-0.05, 0) is 72.2 Å². The van der Waals surface area contributed by atoms with Crippen LogP contribution in [0.5, 0.6) is 0 Å². The zero-order chi connectivity index (χ0) is 28.2. The molecule has 0 atom stereocenters. The van der Waals surface area contributed by atoms with E-state index in [-0.39, 0.29) is 0 Å². The predicted octanol–water partition coefficient (Wildman–Crippen LogP) is 7.83. The quantitative estimate of drug-likeness (QED) is 0.217. The fourth-order valence-corrected chi connectivity index (χ4v) is 6.05. The minimum atomic E-state index is -1.53. The van der Waals surface area contributed by atoms with Gasteiger partial charge in [-0.15, -0.1) is 0 Å². The van der Waals surface area contributed by atoms with Crippen LogP contribution in [0, 0.1) is 0 Å². The molecule has 42 heavy (non-hydrogen) atoms. The van der Waals surface area contributed by atoms with Gasteiger partial charge in [0.1, 0.15) is 11.2 Å². The molecule has 0 radical (unpaired) electrons. The van der Waals surface area contributed by atoms with E-state index in [9.17, 15) is 10.0 Å². The van der Waals surface area contributed by atoms with Gasteiger partial charge in [-0.1, -0.05) is 66.7 Å². The standard InChI is InChI=1S/C36H25BN2O3/c40-37(41)24-14-16-26(17-15-24)38(28-18-20-31-30-11-5-7-13-35(30)42-36(31)23-28)27-19-21-34-32(22-27)29-10-4-6-12-33(29)39(34)25-8-2-1-3-9-25/h1-23,40-41H. The van der Waals surface area contributed by atoms with Crippen LogP contribution in [0.2, 0.25) is 0 Å². The number of aromatic nitrogens is 1. The van der Waals surface area contributed by atoms with Crippen LogP contribution in [0.3, 0.4) is 0 Å². The predicted molar refractivity (Wildman–Crippen MR) is 173 cm³/mol. The van der Waals surface area contributed by atoms with Gasteiger partial charge < -0.3 is 23.9 Å². The summed E-state index contributed by atoms with van der Waals surface area (Å²) in [6.07, 6.45) is 0. The number of benzene rings is 6. The van der Waals surface area contributed by atoms with E-state index in [1.165, 1.54) is 5.39 Å². The molecule has 0 aliphatic carbocycles. The van der Waals surface area contributed by atoms with Gasteiger partial charge in [-0.3, -0.25) is 0 Å². The molecule has 0 aliphatic heterocycles. The molecular formula is C36H25BN2O3. The molecule has 0 bridgehead atoms. The van der Waals surface area contributed by atoms with Crippen molar-refractivity contribution in [2.45, 2.75) is 0 Å². The number of hydrogen-bond donors (Lipinski definition) is 2. The lowest BCUT2D eigenvalue weighted by molar-refractivity contribution is 0.426. The Balaban J connectivity index is 1.36. The first-order valence-electron chi connectivity index (χ1n) is 13.9. The van der Waals surface area contributed by atoms with Crippen LogP contribution < -0.4 is 10.4 Å². The van der Waals surface area contributed by atoms with Crippen molar-refractivity contribution in [3.05, 3.63) is 140 Å². The minimum absolute atomic E-state index is 0.438. The van der Waals surface area contributed by atoms with Gasteiger partial charge in [0, 0.05) is 50.4 Å². The number of fused-ring (bicyclic) bond motifs is 6. The molecule has 2 heterocycles. The lowest BCUT2D eigenvalue weighted by Crippen LogP contribution is -2.29. The maximum absolute atomic E-state index is 9.72. The van der Waals surface area contributed by atoms with Crippen molar-refractivity contribution in [2.24, 2.45) is 0 Å². The first kappa shape index (κ1) is 24.5. The topological polar surface area (TPSA) is 61.8 Å². The van der Waals surface area contributed by atoms with E-state index in [1.54, 1.807) is 12.1 Å². The maximum atomic E-state index is 9.72. The van der Waals surface area contributed by atoms with Crippen molar-refractivity contribution in [2.75, 3.05) is 4.90 Å². The van der Waals surface area contributed by atoms with E-state index in [0.717, 1.165) is 61.1 Å². The van der Waals surface area contributed by atoms with Gasteiger partial charge in [0.05, 0.1) is 11.0 Å². The fraction of sp³-hybridized carbons (Fsp3) is 0. The van der Waals surface area contributed by atoms with Crippen LogP contribution in [0.25, 0.3) is 49.4 Å². The van der Waals surface area contributed by atoms with Crippen molar-refractivity contribution >= 4 is 73.4 Å². The molecule has 0 spiro atoms. The Labute approximate surface area is 242 Å². The second-order valence-electron chi connectivity index (χ2n) is 10.5. The van der Waals surface area contributed by atoms with Gasteiger partial charge in [0.15, 0.2) is 0 Å². The summed E-state index contributed by atoms with van der Waals surface area (Å²) in [7, 11) is -1.53. The van der Waals surface area contributed by atoms with E-state index in [4.69, 9.17) is 4.42 Å². The molecule has 6 heteroatoms. The first-order chi connectivity index (χ1) is 20.7. The lowest BCUT2D eigenvalue weighted by Gasteiger charge is -2.26. The Kier molecular flexibility index (Phi) is 5.64. The Bertz CT molecular complexity index is 2230. The molecule has 8 aromatic rings. The second kappa shape index (κ2) is 9.66. The second-order valence-corrected chi connectivity index (χ2v) is 10.5. The van der Waals surface area contributed by atoms with Crippen LogP contribution >= 0.6 is 0 Å². The number of rotatable bonds is 5. The van der Waals surface area contributed by atoms with Crippen molar-refractivity contribution in [1.29, 1.82) is 0 Å². The highest BCUT2D eigenvalue weighted by molar-refractivity contribution is 6.58. The van der Waals surface area contributed by atoms with Crippen LogP contribution in [-0.2, 0) is 0 Å². The summed E-state index contributed by atoms with van der Waals surface area (Å²) in [6, 6.07) is 47.1.